The van der Waals surface area contributed by atoms with Gasteiger partial charge in [0.05, 0.1) is 6.26 Å². The fourth-order valence-electron chi connectivity index (χ4n) is 5.18. The van der Waals surface area contributed by atoms with Gasteiger partial charge < -0.3 is 0 Å². The quantitative estimate of drug-likeness (QED) is 0.369. The van der Waals surface area contributed by atoms with Crippen LogP contribution < -0.4 is 0 Å². The number of hydrogen-bond acceptors (Lipinski definition) is 5. The lowest BCUT2D eigenvalue weighted by Gasteiger charge is -2.30. The number of rotatable bonds is 8. The zero-order chi connectivity index (χ0) is 25.0. The third kappa shape index (κ3) is 6.03. The summed E-state index contributed by atoms with van der Waals surface area (Å²) in [5.74, 6) is 0.372. The SMILES string of the molecule is Cc1cc(C(CC(c2ccc(C3CCN(S(C)(=O)=O)CC3)cc2)c2ccccc2C)N=O)ccn1. The van der Waals surface area contributed by atoms with Crippen LogP contribution in [0, 0.1) is 18.8 Å². The summed E-state index contributed by atoms with van der Waals surface area (Å²) in [4.78, 5) is 16.2. The summed E-state index contributed by atoms with van der Waals surface area (Å²) >= 11 is 0. The van der Waals surface area contributed by atoms with Gasteiger partial charge in [-0.15, -0.1) is 0 Å². The molecule has 2 aromatic carbocycles. The Morgan fingerprint density at radius 3 is 2.29 bits per heavy atom. The predicted molar refractivity (Wildman–Crippen MR) is 140 cm³/mol. The Hall–Kier alpha value is -2.90. The first-order chi connectivity index (χ1) is 16.8. The lowest BCUT2D eigenvalue weighted by molar-refractivity contribution is 0.321. The summed E-state index contributed by atoms with van der Waals surface area (Å²) in [7, 11) is -3.13. The molecule has 0 aliphatic carbocycles. The molecule has 0 saturated carbocycles. The smallest absolute Gasteiger partial charge is 0.211 e. The molecule has 1 saturated heterocycles. The van der Waals surface area contributed by atoms with Crippen molar-refractivity contribution < 1.29 is 8.42 Å². The molecule has 1 aliphatic rings. The van der Waals surface area contributed by atoms with Crippen LogP contribution in [0.2, 0.25) is 0 Å². The second kappa shape index (κ2) is 10.8. The van der Waals surface area contributed by atoms with Crippen molar-refractivity contribution in [1.29, 1.82) is 0 Å². The van der Waals surface area contributed by atoms with Crippen LogP contribution in [-0.4, -0.2) is 37.1 Å². The van der Waals surface area contributed by atoms with E-state index < -0.39 is 16.1 Å². The molecule has 2 heterocycles. The van der Waals surface area contributed by atoms with Crippen molar-refractivity contribution in [3.05, 3.63) is 105 Å². The molecule has 3 aromatic rings. The van der Waals surface area contributed by atoms with Gasteiger partial charge in [0.25, 0.3) is 0 Å². The van der Waals surface area contributed by atoms with Crippen molar-refractivity contribution in [3.63, 3.8) is 0 Å². The number of nitroso groups, excluding NO2 is 1. The van der Waals surface area contributed by atoms with Gasteiger partial charge in [-0.1, -0.05) is 53.7 Å². The van der Waals surface area contributed by atoms with E-state index in [-0.39, 0.29) is 5.92 Å². The van der Waals surface area contributed by atoms with Crippen molar-refractivity contribution in [2.45, 2.75) is 51.0 Å². The molecular formula is C28H33N3O3S. The minimum Gasteiger partial charge on any atom is -0.262 e. The molecular weight excluding hydrogens is 458 g/mol. The number of aryl methyl sites for hydroxylation is 2. The monoisotopic (exact) mass is 491 g/mol. The molecule has 2 unspecified atom stereocenters. The number of hydrogen-bond donors (Lipinski definition) is 0. The van der Waals surface area contributed by atoms with Gasteiger partial charge in [0, 0.05) is 30.9 Å². The maximum absolute atomic E-state index is 11.9. The number of nitrogens with zero attached hydrogens (tertiary/aromatic N) is 3. The van der Waals surface area contributed by atoms with Crippen LogP contribution in [0.4, 0.5) is 0 Å². The number of piperidine rings is 1. The highest BCUT2D eigenvalue weighted by molar-refractivity contribution is 7.88. The van der Waals surface area contributed by atoms with Crippen LogP contribution in [-0.2, 0) is 10.0 Å². The second-order valence-corrected chi connectivity index (χ2v) is 11.6. The first kappa shape index (κ1) is 25.2. The van der Waals surface area contributed by atoms with E-state index in [9.17, 15) is 13.3 Å². The van der Waals surface area contributed by atoms with Crippen molar-refractivity contribution in [2.75, 3.05) is 19.3 Å². The number of aromatic nitrogens is 1. The van der Waals surface area contributed by atoms with E-state index in [0.29, 0.717) is 25.4 Å². The topological polar surface area (TPSA) is 79.7 Å². The summed E-state index contributed by atoms with van der Waals surface area (Å²) in [5.41, 5.74) is 6.53. The van der Waals surface area contributed by atoms with E-state index in [2.05, 4.69) is 53.5 Å². The predicted octanol–water partition coefficient (Wildman–Crippen LogP) is 5.87. The van der Waals surface area contributed by atoms with Crippen molar-refractivity contribution in [1.82, 2.24) is 9.29 Å². The molecule has 2 atom stereocenters. The summed E-state index contributed by atoms with van der Waals surface area (Å²) < 4.78 is 25.2. The highest BCUT2D eigenvalue weighted by atomic mass is 32.2. The highest BCUT2D eigenvalue weighted by Gasteiger charge is 2.27. The van der Waals surface area contributed by atoms with Crippen molar-refractivity contribution >= 4 is 10.0 Å². The molecule has 7 heteroatoms. The second-order valence-electron chi connectivity index (χ2n) is 9.60. The molecule has 0 radical (unpaired) electrons. The van der Waals surface area contributed by atoms with Gasteiger partial charge in [-0.2, -0.15) is 4.91 Å². The summed E-state index contributed by atoms with van der Waals surface area (Å²) in [6.45, 7) is 5.15. The normalized spacial score (nSPS) is 17.1. The van der Waals surface area contributed by atoms with Gasteiger partial charge in [-0.3, -0.25) is 4.98 Å². The molecule has 1 aromatic heterocycles. The van der Waals surface area contributed by atoms with Crippen LogP contribution >= 0.6 is 0 Å². The molecule has 184 valence electrons. The molecule has 6 nitrogen and oxygen atoms in total. The third-order valence-electron chi connectivity index (χ3n) is 7.19. The Balaban J connectivity index is 1.59. The summed E-state index contributed by atoms with van der Waals surface area (Å²) in [5, 5.41) is 3.51. The molecule has 0 N–H and O–H groups in total. The van der Waals surface area contributed by atoms with Crippen molar-refractivity contribution in [3.8, 4) is 0 Å². The van der Waals surface area contributed by atoms with Crippen LogP contribution in [0.25, 0.3) is 0 Å². The number of sulfonamides is 1. The average molecular weight is 492 g/mol. The average Bonchev–Trinajstić information content (AvgIpc) is 2.85. The Kier molecular flexibility index (Phi) is 7.77. The maximum Gasteiger partial charge on any atom is 0.211 e. The molecule has 1 fully saturated rings. The van der Waals surface area contributed by atoms with E-state index >= 15 is 0 Å². The Morgan fingerprint density at radius 2 is 1.69 bits per heavy atom. The molecule has 0 spiro atoms. The first-order valence-electron chi connectivity index (χ1n) is 12.1. The molecule has 0 bridgehead atoms. The zero-order valence-corrected chi connectivity index (χ0v) is 21.4. The largest absolute Gasteiger partial charge is 0.262 e. The summed E-state index contributed by atoms with van der Waals surface area (Å²) in [6.07, 6.45) is 5.24. The van der Waals surface area contributed by atoms with E-state index in [4.69, 9.17) is 0 Å². The van der Waals surface area contributed by atoms with Crippen molar-refractivity contribution in [2.24, 2.45) is 5.18 Å². The maximum atomic E-state index is 11.9. The lowest BCUT2D eigenvalue weighted by atomic mass is 9.81. The Bertz CT molecular complexity index is 1270. The van der Waals surface area contributed by atoms with E-state index in [1.54, 1.807) is 10.5 Å². The van der Waals surface area contributed by atoms with Gasteiger partial charge in [0.1, 0.15) is 6.04 Å². The van der Waals surface area contributed by atoms with Gasteiger partial charge in [-0.25, -0.2) is 12.7 Å². The fourth-order valence-corrected chi connectivity index (χ4v) is 6.05. The summed E-state index contributed by atoms with van der Waals surface area (Å²) in [6, 6.07) is 20.3. The molecule has 35 heavy (non-hydrogen) atoms. The standard InChI is InChI=1S/C28H33N3O3S/c1-20-6-4-5-7-26(20)27(19-28(30-32)25-12-15-29-21(2)18-25)24-10-8-22(9-11-24)23-13-16-31(17-14-23)35(3,33)34/h4-12,15,18,23,27-28H,13-14,16-17,19H2,1-3H3. The van der Waals surface area contributed by atoms with E-state index in [0.717, 1.165) is 29.7 Å². The molecule has 4 rings (SSSR count). The van der Waals surface area contributed by atoms with Crippen LogP contribution in [0.5, 0.6) is 0 Å². The molecule has 0 amide bonds. The van der Waals surface area contributed by atoms with Crippen LogP contribution in [0.3, 0.4) is 0 Å². The Labute approximate surface area is 208 Å². The van der Waals surface area contributed by atoms with E-state index in [1.165, 1.54) is 22.9 Å². The van der Waals surface area contributed by atoms with Gasteiger partial charge in [0.15, 0.2) is 0 Å². The van der Waals surface area contributed by atoms with Crippen LogP contribution in [0.15, 0.2) is 72.0 Å². The zero-order valence-electron chi connectivity index (χ0n) is 20.6. The minimum atomic E-state index is -3.13. The van der Waals surface area contributed by atoms with Gasteiger partial charge >= 0.3 is 0 Å². The number of benzene rings is 2. The fraction of sp³-hybridized carbons (Fsp3) is 0.393. The lowest BCUT2D eigenvalue weighted by Crippen LogP contribution is -2.37. The van der Waals surface area contributed by atoms with Crippen LogP contribution in [0.1, 0.15) is 70.7 Å². The highest BCUT2D eigenvalue weighted by Crippen LogP contribution is 2.38. The minimum absolute atomic E-state index is 0.0218. The van der Waals surface area contributed by atoms with Gasteiger partial charge in [0.2, 0.25) is 10.0 Å². The Morgan fingerprint density at radius 1 is 1.00 bits per heavy atom. The first-order valence-corrected chi connectivity index (χ1v) is 14.0. The third-order valence-corrected chi connectivity index (χ3v) is 8.49. The molecule has 1 aliphatic heterocycles. The van der Waals surface area contributed by atoms with Gasteiger partial charge in [-0.05, 0) is 79.0 Å². The number of pyridine rings is 1. The van der Waals surface area contributed by atoms with E-state index in [1.807, 2.05) is 31.2 Å².